The van der Waals surface area contributed by atoms with Crippen molar-refractivity contribution in [2.75, 3.05) is 32.8 Å². The summed E-state index contributed by atoms with van der Waals surface area (Å²) in [5.74, 6) is 0.323. The molecular formula is C19H25N3O3. The van der Waals surface area contributed by atoms with Crippen LogP contribution in [0, 0.1) is 5.92 Å². The Morgan fingerprint density at radius 1 is 1.40 bits per heavy atom. The van der Waals surface area contributed by atoms with E-state index in [1.54, 1.807) is 18.2 Å². The van der Waals surface area contributed by atoms with Crippen LogP contribution in [0.2, 0.25) is 0 Å². The number of H-pyrrole nitrogens is 1. The number of aromatic nitrogens is 1. The van der Waals surface area contributed by atoms with Gasteiger partial charge in [-0.1, -0.05) is 32.0 Å². The predicted octanol–water partition coefficient (Wildman–Crippen LogP) is 1.61. The highest BCUT2D eigenvalue weighted by molar-refractivity contribution is 5.96. The molecule has 1 aromatic carbocycles. The van der Waals surface area contributed by atoms with Gasteiger partial charge in [-0.3, -0.25) is 14.5 Å². The molecule has 1 atom stereocenters. The van der Waals surface area contributed by atoms with E-state index in [0.29, 0.717) is 24.5 Å². The van der Waals surface area contributed by atoms with E-state index in [9.17, 15) is 9.59 Å². The molecule has 1 amide bonds. The molecule has 1 aliphatic heterocycles. The van der Waals surface area contributed by atoms with Crippen molar-refractivity contribution >= 4 is 16.7 Å². The summed E-state index contributed by atoms with van der Waals surface area (Å²) < 4.78 is 5.74. The molecule has 2 heterocycles. The van der Waals surface area contributed by atoms with E-state index in [-0.39, 0.29) is 23.3 Å². The van der Waals surface area contributed by atoms with Gasteiger partial charge in [0.05, 0.1) is 12.7 Å². The van der Waals surface area contributed by atoms with E-state index in [4.69, 9.17) is 4.74 Å². The molecule has 0 radical (unpaired) electrons. The number of nitrogens with zero attached hydrogens (tertiary/aromatic N) is 1. The maximum absolute atomic E-state index is 12.4. The lowest BCUT2D eigenvalue weighted by atomic mass is 10.1. The van der Waals surface area contributed by atoms with Crippen molar-refractivity contribution in [3.8, 4) is 0 Å². The Morgan fingerprint density at radius 3 is 3.00 bits per heavy atom. The van der Waals surface area contributed by atoms with Gasteiger partial charge in [-0.15, -0.1) is 0 Å². The Balaban J connectivity index is 1.62. The quantitative estimate of drug-likeness (QED) is 0.865. The molecule has 134 valence electrons. The zero-order valence-electron chi connectivity index (χ0n) is 14.7. The fourth-order valence-electron chi connectivity index (χ4n) is 3.22. The average Bonchev–Trinajstić information content (AvgIpc) is 2.59. The summed E-state index contributed by atoms with van der Waals surface area (Å²) in [7, 11) is 0. The Kier molecular flexibility index (Phi) is 5.50. The minimum Gasteiger partial charge on any atom is -0.374 e. The number of carbonyl (C=O) groups excluding carboxylic acids is 1. The van der Waals surface area contributed by atoms with Gasteiger partial charge < -0.3 is 15.0 Å². The number of carbonyl (C=O) groups is 1. The van der Waals surface area contributed by atoms with Gasteiger partial charge in [0.2, 0.25) is 0 Å². The predicted molar refractivity (Wildman–Crippen MR) is 97.9 cm³/mol. The minimum absolute atomic E-state index is 0.0244. The average molecular weight is 343 g/mol. The number of pyridine rings is 1. The maximum Gasteiger partial charge on any atom is 0.267 e. The first kappa shape index (κ1) is 17.6. The number of hydrogen-bond acceptors (Lipinski definition) is 4. The van der Waals surface area contributed by atoms with Crippen LogP contribution in [0.25, 0.3) is 10.8 Å². The Labute approximate surface area is 147 Å². The number of fused-ring (bicyclic) bond motifs is 1. The number of rotatable bonds is 5. The summed E-state index contributed by atoms with van der Waals surface area (Å²) in [6, 6.07) is 8.94. The van der Waals surface area contributed by atoms with Crippen LogP contribution in [-0.2, 0) is 4.74 Å². The van der Waals surface area contributed by atoms with Crippen LogP contribution in [0.5, 0.6) is 0 Å². The second-order valence-electron chi connectivity index (χ2n) is 6.96. The molecule has 1 aromatic heterocycles. The third-order valence-electron chi connectivity index (χ3n) is 4.33. The summed E-state index contributed by atoms with van der Waals surface area (Å²) in [5, 5.41) is 4.21. The monoisotopic (exact) mass is 343 g/mol. The molecule has 6 heteroatoms. The van der Waals surface area contributed by atoms with Crippen molar-refractivity contribution < 1.29 is 9.53 Å². The maximum atomic E-state index is 12.4. The molecule has 0 aliphatic carbocycles. The van der Waals surface area contributed by atoms with E-state index in [1.807, 2.05) is 12.1 Å². The van der Waals surface area contributed by atoms with Gasteiger partial charge in [-0.2, -0.15) is 0 Å². The Bertz CT molecular complexity index is 800. The highest BCUT2D eigenvalue weighted by Crippen LogP contribution is 2.10. The number of nitrogens with one attached hydrogen (secondary N) is 2. The van der Waals surface area contributed by atoms with E-state index >= 15 is 0 Å². The number of benzene rings is 1. The lowest BCUT2D eigenvalue weighted by Crippen LogP contribution is -2.48. The standard InChI is InChI=1S/C19H25N3O3/c1-13(2)11-22-7-8-25-15(12-22)10-20-19(24)17-9-14-5-3-4-6-16(14)18(23)21-17/h3-6,9,13,15H,7-8,10-12H2,1-2H3,(H,20,24)(H,21,23). The summed E-state index contributed by atoms with van der Waals surface area (Å²) in [6.07, 6.45) is -0.0244. The second-order valence-corrected chi connectivity index (χ2v) is 6.96. The van der Waals surface area contributed by atoms with Crippen molar-refractivity contribution in [3.05, 3.63) is 46.4 Å². The molecule has 2 N–H and O–H groups in total. The fraction of sp³-hybridized carbons (Fsp3) is 0.474. The zero-order chi connectivity index (χ0) is 17.8. The van der Waals surface area contributed by atoms with Crippen LogP contribution in [0.4, 0.5) is 0 Å². The van der Waals surface area contributed by atoms with Gasteiger partial charge in [-0.05, 0) is 23.4 Å². The number of aromatic amines is 1. The van der Waals surface area contributed by atoms with Gasteiger partial charge in [0.1, 0.15) is 5.69 Å². The van der Waals surface area contributed by atoms with Crippen LogP contribution in [0.3, 0.4) is 0 Å². The lowest BCUT2D eigenvalue weighted by Gasteiger charge is -2.33. The van der Waals surface area contributed by atoms with Gasteiger partial charge >= 0.3 is 0 Å². The van der Waals surface area contributed by atoms with Gasteiger partial charge in [0.15, 0.2) is 0 Å². The Hall–Kier alpha value is -2.18. The largest absolute Gasteiger partial charge is 0.374 e. The molecule has 0 saturated carbocycles. The molecule has 1 saturated heterocycles. The van der Waals surface area contributed by atoms with Gasteiger partial charge in [0, 0.05) is 31.6 Å². The van der Waals surface area contributed by atoms with Crippen molar-refractivity contribution in [1.29, 1.82) is 0 Å². The number of hydrogen-bond donors (Lipinski definition) is 2. The van der Waals surface area contributed by atoms with E-state index < -0.39 is 0 Å². The van der Waals surface area contributed by atoms with Crippen LogP contribution >= 0.6 is 0 Å². The SMILES string of the molecule is CC(C)CN1CCOC(CNC(=O)c2cc3ccccc3c(=O)[nH]2)C1. The van der Waals surface area contributed by atoms with Crippen molar-refractivity contribution in [3.63, 3.8) is 0 Å². The summed E-state index contributed by atoms with van der Waals surface area (Å²) in [6.45, 7) is 8.28. The van der Waals surface area contributed by atoms with Crippen molar-refractivity contribution in [2.45, 2.75) is 20.0 Å². The highest BCUT2D eigenvalue weighted by Gasteiger charge is 2.21. The molecule has 25 heavy (non-hydrogen) atoms. The molecule has 1 fully saturated rings. The normalized spacial score (nSPS) is 18.6. The lowest BCUT2D eigenvalue weighted by molar-refractivity contribution is -0.0295. The van der Waals surface area contributed by atoms with Crippen molar-refractivity contribution in [1.82, 2.24) is 15.2 Å². The van der Waals surface area contributed by atoms with Crippen molar-refractivity contribution in [2.24, 2.45) is 5.92 Å². The smallest absolute Gasteiger partial charge is 0.267 e. The third kappa shape index (κ3) is 4.46. The van der Waals surface area contributed by atoms with Crippen LogP contribution < -0.4 is 10.9 Å². The van der Waals surface area contributed by atoms with Crippen LogP contribution in [0.1, 0.15) is 24.3 Å². The molecule has 1 unspecified atom stereocenters. The molecule has 0 spiro atoms. The first-order valence-corrected chi connectivity index (χ1v) is 8.77. The minimum atomic E-state index is -0.285. The molecule has 0 bridgehead atoms. The van der Waals surface area contributed by atoms with E-state index in [1.165, 1.54) is 0 Å². The summed E-state index contributed by atoms with van der Waals surface area (Å²) in [4.78, 5) is 29.5. The molecule has 3 rings (SSSR count). The first-order valence-electron chi connectivity index (χ1n) is 8.77. The van der Waals surface area contributed by atoms with Crippen LogP contribution in [0.15, 0.2) is 35.1 Å². The van der Waals surface area contributed by atoms with E-state index in [0.717, 1.165) is 25.0 Å². The van der Waals surface area contributed by atoms with Crippen LogP contribution in [-0.4, -0.2) is 54.7 Å². The molecule has 6 nitrogen and oxygen atoms in total. The molecular weight excluding hydrogens is 318 g/mol. The molecule has 2 aromatic rings. The number of ether oxygens (including phenoxy) is 1. The Morgan fingerprint density at radius 2 is 2.20 bits per heavy atom. The zero-order valence-corrected chi connectivity index (χ0v) is 14.7. The fourth-order valence-corrected chi connectivity index (χ4v) is 3.22. The van der Waals surface area contributed by atoms with Gasteiger partial charge in [-0.25, -0.2) is 0 Å². The van der Waals surface area contributed by atoms with E-state index in [2.05, 4.69) is 29.0 Å². The topological polar surface area (TPSA) is 74.4 Å². The number of morpholine rings is 1. The molecule has 1 aliphatic rings. The second kappa shape index (κ2) is 7.80. The highest BCUT2D eigenvalue weighted by atomic mass is 16.5. The number of amides is 1. The summed E-state index contributed by atoms with van der Waals surface area (Å²) >= 11 is 0. The van der Waals surface area contributed by atoms with Gasteiger partial charge in [0.25, 0.3) is 11.5 Å². The first-order chi connectivity index (χ1) is 12.0. The summed E-state index contributed by atoms with van der Waals surface area (Å²) in [5.41, 5.74) is 0.0267. The third-order valence-corrected chi connectivity index (χ3v) is 4.33.